The van der Waals surface area contributed by atoms with Gasteiger partial charge >= 0.3 is 6.09 Å². The molecule has 3 aromatic rings. The molecule has 10 nitrogen and oxygen atoms in total. The van der Waals surface area contributed by atoms with Crippen molar-refractivity contribution in [3.8, 4) is 28.4 Å². The van der Waals surface area contributed by atoms with Gasteiger partial charge in [0, 0.05) is 17.7 Å². The Morgan fingerprint density at radius 1 is 1.32 bits per heavy atom. The van der Waals surface area contributed by atoms with Crippen LogP contribution in [0.3, 0.4) is 0 Å². The minimum absolute atomic E-state index is 0.187. The van der Waals surface area contributed by atoms with E-state index in [9.17, 15) is 9.18 Å². The number of aromatic nitrogens is 3. The van der Waals surface area contributed by atoms with E-state index in [4.69, 9.17) is 31.6 Å². The number of likely N-dealkylation sites (tertiary alicyclic amines) is 1. The third-order valence-electron chi connectivity index (χ3n) is 6.04. The van der Waals surface area contributed by atoms with Crippen molar-refractivity contribution in [3.63, 3.8) is 0 Å². The predicted molar refractivity (Wildman–Crippen MR) is 144 cm³/mol. The van der Waals surface area contributed by atoms with Gasteiger partial charge in [0.25, 0.3) is 0 Å². The molecule has 1 fully saturated rings. The number of nitrogens with two attached hydrogens (primary N) is 1. The average molecular weight is 549 g/mol. The Hall–Kier alpha value is -3.44. The van der Waals surface area contributed by atoms with Crippen molar-refractivity contribution in [1.82, 2.24) is 25.3 Å². The van der Waals surface area contributed by atoms with Gasteiger partial charge in [-0.05, 0) is 65.4 Å². The first-order valence-corrected chi connectivity index (χ1v) is 12.7. The molecule has 38 heavy (non-hydrogen) atoms. The second-order valence-corrected chi connectivity index (χ2v) is 9.26. The van der Waals surface area contributed by atoms with E-state index in [1.807, 2.05) is 40.0 Å². The van der Waals surface area contributed by atoms with E-state index < -0.39 is 12.3 Å². The van der Waals surface area contributed by atoms with Crippen LogP contribution >= 0.6 is 11.6 Å². The fourth-order valence-corrected chi connectivity index (χ4v) is 4.14. The second kappa shape index (κ2) is 13.4. The van der Waals surface area contributed by atoms with Gasteiger partial charge in [-0.25, -0.2) is 19.2 Å². The lowest BCUT2D eigenvalue weighted by Crippen LogP contribution is -2.28. The van der Waals surface area contributed by atoms with E-state index in [2.05, 4.69) is 20.2 Å². The number of halogens is 2. The van der Waals surface area contributed by atoms with Gasteiger partial charge in [0.1, 0.15) is 23.5 Å². The summed E-state index contributed by atoms with van der Waals surface area (Å²) in [5.41, 5.74) is 9.88. The van der Waals surface area contributed by atoms with Crippen LogP contribution in [0.25, 0.3) is 22.6 Å². The lowest BCUT2D eigenvalue weighted by atomic mass is 10.1. The third kappa shape index (κ3) is 7.11. The van der Waals surface area contributed by atoms with Gasteiger partial charge in [-0.3, -0.25) is 0 Å². The molecule has 1 saturated heterocycles. The van der Waals surface area contributed by atoms with Crippen molar-refractivity contribution >= 4 is 23.5 Å². The van der Waals surface area contributed by atoms with Crippen LogP contribution in [0.4, 0.5) is 15.0 Å². The lowest BCUT2D eigenvalue weighted by Gasteiger charge is -2.12. The SMILES string of the molecule is CNCCCOc1ccc(Cl)c(-c2nc(N)c(C)c(-c3c(C)noc3C)n2)c1.COC(=O)N1CCC(F)C1. The van der Waals surface area contributed by atoms with Gasteiger partial charge < -0.3 is 29.9 Å². The topological polar surface area (TPSA) is 129 Å². The molecule has 1 amide bonds. The maximum absolute atomic E-state index is 12.4. The molecule has 1 atom stereocenters. The zero-order chi connectivity index (χ0) is 27.8. The van der Waals surface area contributed by atoms with Crippen LogP contribution in [0, 0.1) is 20.8 Å². The zero-order valence-electron chi connectivity index (χ0n) is 22.3. The van der Waals surface area contributed by atoms with E-state index >= 15 is 0 Å². The van der Waals surface area contributed by atoms with Crippen LogP contribution in [0.5, 0.6) is 5.75 Å². The first-order chi connectivity index (χ1) is 18.2. The van der Waals surface area contributed by atoms with Crippen LogP contribution in [0.2, 0.25) is 5.02 Å². The molecule has 206 valence electrons. The summed E-state index contributed by atoms with van der Waals surface area (Å²) in [5.74, 6) is 2.20. The van der Waals surface area contributed by atoms with E-state index in [1.54, 1.807) is 6.07 Å². The third-order valence-corrected chi connectivity index (χ3v) is 6.37. The smallest absolute Gasteiger partial charge is 0.409 e. The number of nitrogens with zero attached hydrogens (tertiary/aromatic N) is 4. The molecule has 0 radical (unpaired) electrons. The quantitative estimate of drug-likeness (QED) is 0.402. The number of nitrogen functional groups attached to an aromatic ring is 1. The molecule has 1 aromatic carbocycles. The van der Waals surface area contributed by atoms with Gasteiger partial charge in [0.05, 0.1) is 42.2 Å². The molecule has 4 rings (SSSR count). The number of hydrogen-bond acceptors (Lipinski definition) is 9. The van der Waals surface area contributed by atoms with Crippen molar-refractivity contribution in [2.24, 2.45) is 0 Å². The number of rotatable bonds is 7. The van der Waals surface area contributed by atoms with E-state index in [0.29, 0.717) is 59.0 Å². The lowest BCUT2D eigenvalue weighted by molar-refractivity contribution is 0.130. The fourth-order valence-electron chi connectivity index (χ4n) is 3.94. The number of methoxy groups -OCH3 is 1. The molecule has 3 N–H and O–H groups in total. The Bertz CT molecular complexity index is 1240. The van der Waals surface area contributed by atoms with Crippen LogP contribution in [0.15, 0.2) is 22.7 Å². The molecule has 0 bridgehead atoms. The molecular formula is C26H34ClFN6O4. The number of amides is 1. The summed E-state index contributed by atoms with van der Waals surface area (Å²) in [5, 5.41) is 7.64. The van der Waals surface area contributed by atoms with Gasteiger partial charge in [-0.1, -0.05) is 16.8 Å². The van der Waals surface area contributed by atoms with E-state index in [0.717, 1.165) is 29.8 Å². The summed E-state index contributed by atoms with van der Waals surface area (Å²) in [6.45, 7) is 7.75. The minimum Gasteiger partial charge on any atom is -0.494 e. The summed E-state index contributed by atoms with van der Waals surface area (Å²) in [6.07, 6.45) is 0.0486. The highest BCUT2D eigenvalue weighted by Gasteiger charge is 2.26. The van der Waals surface area contributed by atoms with Gasteiger partial charge in [0.15, 0.2) is 5.82 Å². The summed E-state index contributed by atoms with van der Waals surface area (Å²) >= 11 is 6.43. The van der Waals surface area contributed by atoms with Crippen molar-refractivity contribution < 1.29 is 23.2 Å². The first kappa shape index (κ1) is 29.1. The number of carbonyl (C=O) groups excluding carboxylic acids is 1. The summed E-state index contributed by atoms with van der Waals surface area (Å²) in [4.78, 5) is 21.3. The molecule has 0 spiro atoms. The Balaban J connectivity index is 0.000000336. The van der Waals surface area contributed by atoms with Crippen LogP contribution < -0.4 is 15.8 Å². The monoisotopic (exact) mass is 548 g/mol. The van der Waals surface area contributed by atoms with Crippen LogP contribution in [-0.4, -0.2) is 72.7 Å². The molecule has 1 aliphatic heterocycles. The minimum atomic E-state index is -0.862. The van der Waals surface area contributed by atoms with E-state index in [-0.39, 0.29) is 6.54 Å². The predicted octanol–water partition coefficient (Wildman–Crippen LogP) is 4.74. The van der Waals surface area contributed by atoms with Gasteiger partial charge in [0.2, 0.25) is 0 Å². The molecule has 12 heteroatoms. The highest BCUT2D eigenvalue weighted by atomic mass is 35.5. The Morgan fingerprint density at radius 2 is 2.08 bits per heavy atom. The number of nitrogens with one attached hydrogen (secondary N) is 1. The van der Waals surface area contributed by atoms with Crippen LogP contribution in [-0.2, 0) is 4.74 Å². The van der Waals surface area contributed by atoms with Gasteiger partial charge in [-0.2, -0.15) is 0 Å². The molecule has 1 unspecified atom stereocenters. The Kier molecular flexibility index (Phi) is 10.3. The number of benzene rings is 1. The highest BCUT2D eigenvalue weighted by Crippen LogP contribution is 2.35. The number of alkyl halides is 1. The Morgan fingerprint density at radius 3 is 2.68 bits per heavy atom. The molecule has 1 aliphatic rings. The van der Waals surface area contributed by atoms with Crippen molar-refractivity contribution in [2.75, 3.05) is 46.1 Å². The molecular weight excluding hydrogens is 515 g/mol. The number of ether oxygens (including phenoxy) is 2. The number of hydrogen-bond donors (Lipinski definition) is 2. The maximum atomic E-state index is 12.4. The fraction of sp³-hybridized carbons (Fsp3) is 0.462. The molecule has 3 heterocycles. The molecule has 2 aromatic heterocycles. The zero-order valence-corrected chi connectivity index (χ0v) is 23.1. The highest BCUT2D eigenvalue weighted by molar-refractivity contribution is 6.33. The first-order valence-electron chi connectivity index (χ1n) is 12.3. The number of carbonyl (C=O) groups is 1. The summed E-state index contributed by atoms with van der Waals surface area (Å²) < 4.78 is 27.9. The number of aryl methyl sites for hydroxylation is 2. The second-order valence-electron chi connectivity index (χ2n) is 8.85. The molecule has 0 aliphatic carbocycles. The summed E-state index contributed by atoms with van der Waals surface area (Å²) in [6, 6.07) is 5.44. The van der Waals surface area contributed by atoms with E-state index in [1.165, 1.54) is 12.0 Å². The van der Waals surface area contributed by atoms with Crippen molar-refractivity contribution in [3.05, 3.63) is 40.2 Å². The normalized spacial score (nSPS) is 14.7. The average Bonchev–Trinajstić information content (AvgIpc) is 3.49. The Labute approximate surface area is 226 Å². The van der Waals surface area contributed by atoms with Crippen molar-refractivity contribution in [2.45, 2.75) is 39.8 Å². The van der Waals surface area contributed by atoms with Crippen LogP contribution in [0.1, 0.15) is 29.9 Å². The molecule has 0 saturated carbocycles. The largest absolute Gasteiger partial charge is 0.494 e. The maximum Gasteiger partial charge on any atom is 0.409 e. The summed E-state index contributed by atoms with van der Waals surface area (Å²) in [7, 11) is 3.21. The van der Waals surface area contributed by atoms with Gasteiger partial charge in [-0.15, -0.1) is 0 Å². The standard InChI is InChI=1S/C20H24ClN5O2.C6H10FNO2/c1-11-18(17-12(2)26-28-13(17)3)24-20(25-19(11)22)15-10-14(6-7-16(15)21)27-9-5-8-23-4;1-10-6(9)8-3-2-5(7)4-8/h6-7,10,23H,5,8-9H2,1-4H3,(H2,22,24,25);5H,2-4H2,1H3. The van der Waals surface area contributed by atoms with Crippen molar-refractivity contribution in [1.29, 1.82) is 0 Å². The number of anilines is 1.